The van der Waals surface area contributed by atoms with Gasteiger partial charge in [-0.1, -0.05) is 0 Å². The van der Waals surface area contributed by atoms with Crippen molar-refractivity contribution in [2.75, 3.05) is 31.5 Å². The fourth-order valence-corrected chi connectivity index (χ4v) is 6.71. The number of hydrogen-bond donors (Lipinski definition) is 2. The second-order valence-electron chi connectivity index (χ2n) is 9.04. The summed E-state index contributed by atoms with van der Waals surface area (Å²) >= 11 is 1.38. The molecule has 0 spiro atoms. The number of alkyl halides is 1. The zero-order chi connectivity index (χ0) is 23.1. The van der Waals surface area contributed by atoms with Crippen LogP contribution in [0.25, 0.3) is 11.2 Å². The maximum absolute atomic E-state index is 13.4. The third-order valence-electron chi connectivity index (χ3n) is 6.59. The van der Waals surface area contributed by atoms with Gasteiger partial charge in [-0.2, -0.15) is 0 Å². The van der Waals surface area contributed by atoms with Crippen LogP contribution in [0.2, 0.25) is 0 Å². The molecule has 2 saturated heterocycles. The molecular weight excluding hydrogens is 566 g/mol. The van der Waals surface area contributed by atoms with Crippen LogP contribution in [-0.4, -0.2) is 66.9 Å². The summed E-state index contributed by atoms with van der Waals surface area (Å²) in [4.78, 5) is 14.2. The fourth-order valence-electron chi connectivity index (χ4n) is 4.77. The second kappa shape index (κ2) is 9.51. The van der Waals surface area contributed by atoms with Crippen molar-refractivity contribution >= 4 is 33.6 Å². The van der Waals surface area contributed by atoms with E-state index in [1.807, 2.05) is 19.3 Å². The SMILES string of the molecule is Cc1cn2c(C3=CN[I-]C=C3)cnc2c(Nc2cc(CN3CC(N4CCC(F)CC4)C3)ns2)n1. The Kier molecular flexibility index (Phi) is 6.26. The van der Waals surface area contributed by atoms with Gasteiger partial charge >= 0.3 is 148 Å². The molecule has 3 aliphatic heterocycles. The first-order chi connectivity index (χ1) is 16.6. The van der Waals surface area contributed by atoms with Gasteiger partial charge in [0.05, 0.1) is 0 Å². The normalized spacial score (nSPS) is 20.6. The summed E-state index contributed by atoms with van der Waals surface area (Å²) in [6.45, 7) is 6.70. The molecule has 2 N–H and O–H groups in total. The maximum atomic E-state index is 13.4. The number of imidazole rings is 1. The van der Waals surface area contributed by atoms with Gasteiger partial charge in [-0.05, 0) is 12.8 Å². The molecule has 2 fully saturated rings. The predicted octanol–water partition coefficient (Wildman–Crippen LogP) is 0.318. The number of hydrogen-bond acceptors (Lipinski definition) is 8. The molecule has 3 aliphatic rings. The number of nitrogens with zero attached hydrogens (tertiary/aromatic N) is 6. The van der Waals surface area contributed by atoms with E-state index in [0.29, 0.717) is 18.9 Å². The molecule has 34 heavy (non-hydrogen) atoms. The number of halogens is 2. The Labute approximate surface area is 212 Å². The Balaban J connectivity index is 1.12. The van der Waals surface area contributed by atoms with Gasteiger partial charge in [-0.25, -0.2) is 4.39 Å². The van der Waals surface area contributed by atoms with Crippen LogP contribution in [-0.2, 0) is 6.54 Å². The molecule has 0 saturated carbocycles. The molecule has 0 unspecified atom stereocenters. The summed E-state index contributed by atoms with van der Waals surface area (Å²) in [7, 11) is 0. The van der Waals surface area contributed by atoms with Crippen LogP contribution >= 0.6 is 11.5 Å². The molecule has 0 atom stereocenters. The minimum atomic E-state index is -0.606. The van der Waals surface area contributed by atoms with Gasteiger partial charge in [0.25, 0.3) is 0 Å². The zero-order valence-electron chi connectivity index (χ0n) is 18.9. The van der Waals surface area contributed by atoms with Crippen LogP contribution in [0.15, 0.2) is 34.8 Å². The van der Waals surface area contributed by atoms with E-state index in [-0.39, 0.29) is 21.5 Å². The first-order valence-electron chi connectivity index (χ1n) is 11.6. The number of allylic oxidation sites excluding steroid dienone is 2. The number of likely N-dealkylation sites (tertiary alicyclic amines) is 2. The van der Waals surface area contributed by atoms with E-state index in [1.54, 1.807) is 0 Å². The van der Waals surface area contributed by atoms with Crippen LogP contribution in [0, 0.1) is 6.92 Å². The van der Waals surface area contributed by atoms with Crippen molar-refractivity contribution in [3.05, 3.63) is 51.9 Å². The summed E-state index contributed by atoms with van der Waals surface area (Å²) in [5.74, 6) is 0.738. The molecule has 11 heteroatoms. The van der Waals surface area contributed by atoms with E-state index < -0.39 is 6.17 Å². The van der Waals surface area contributed by atoms with Crippen molar-refractivity contribution in [3.8, 4) is 0 Å². The second-order valence-corrected chi connectivity index (χ2v) is 11.8. The summed E-state index contributed by atoms with van der Waals surface area (Å²) in [6, 6.07) is 2.67. The van der Waals surface area contributed by atoms with Gasteiger partial charge < -0.3 is 0 Å². The Morgan fingerprint density at radius 1 is 1.29 bits per heavy atom. The van der Waals surface area contributed by atoms with Crippen molar-refractivity contribution in [2.45, 2.75) is 38.5 Å². The Hall–Kier alpha value is -2.09. The van der Waals surface area contributed by atoms with Crippen LogP contribution in [0.3, 0.4) is 0 Å². The molecule has 0 bridgehead atoms. The quantitative estimate of drug-likeness (QED) is 0.315. The van der Waals surface area contributed by atoms with E-state index in [0.717, 1.165) is 71.8 Å². The number of aromatic nitrogens is 4. The number of aryl methyl sites for hydroxylation is 1. The Morgan fingerprint density at radius 2 is 2.15 bits per heavy atom. The summed E-state index contributed by atoms with van der Waals surface area (Å²) < 4.78 is 25.7. The number of nitrogens with one attached hydrogen (secondary N) is 2. The molecule has 6 heterocycles. The van der Waals surface area contributed by atoms with Gasteiger partial charge in [-0.3, -0.25) is 9.80 Å². The first-order valence-corrected chi connectivity index (χ1v) is 14.6. The number of rotatable bonds is 6. The van der Waals surface area contributed by atoms with Gasteiger partial charge in [0.2, 0.25) is 0 Å². The van der Waals surface area contributed by atoms with E-state index in [1.165, 1.54) is 11.5 Å². The van der Waals surface area contributed by atoms with Gasteiger partial charge in [0.1, 0.15) is 6.17 Å². The van der Waals surface area contributed by atoms with Gasteiger partial charge in [-0.15, -0.1) is 0 Å². The molecule has 0 aromatic carbocycles. The topological polar surface area (TPSA) is 73.6 Å². The molecule has 0 radical (unpaired) electrons. The fraction of sp³-hybridized carbons (Fsp3) is 0.435. The average Bonchev–Trinajstić information content (AvgIpc) is 3.44. The number of piperidine rings is 1. The molecule has 3 aromatic rings. The molecule has 0 aliphatic carbocycles. The summed E-state index contributed by atoms with van der Waals surface area (Å²) in [5, 5.41) is 4.41. The van der Waals surface area contributed by atoms with Crippen molar-refractivity contribution in [3.63, 3.8) is 0 Å². The van der Waals surface area contributed by atoms with Gasteiger partial charge in [0.15, 0.2) is 0 Å². The molecule has 3 aromatic heterocycles. The molecule has 0 amide bonds. The first kappa shape index (κ1) is 22.4. The van der Waals surface area contributed by atoms with Crippen molar-refractivity contribution in [1.29, 1.82) is 0 Å². The third-order valence-corrected chi connectivity index (χ3v) is 8.72. The standard InChI is InChI=1S/C23H27FIN8S/c1-15-11-33-20(16-2-5-25-27-9-16)10-26-23(33)22(28-15)29-21-8-18(30-34-21)12-31-13-19(14-31)32-6-3-17(24)4-7-32/h2,5,8-11,17,19,27H,3-4,6-7,12-14H2,1H3,(H,28,29)/q-1. The third kappa shape index (κ3) is 4.58. The van der Waals surface area contributed by atoms with Gasteiger partial charge in [0, 0.05) is 32.2 Å². The van der Waals surface area contributed by atoms with E-state index in [2.05, 4.69) is 54.8 Å². The van der Waals surface area contributed by atoms with Crippen LogP contribution in [0.5, 0.6) is 0 Å². The summed E-state index contributed by atoms with van der Waals surface area (Å²) in [6.07, 6.45) is 8.91. The predicted molar refractivity (Wildman–Crippen MR) is 128 cm³/mol. The van der Waals surface area contributed by atoms with E-state index >= 15 is 0 Å². The summed E-state index contributed by atoms with van der Waals surface area (Å²) in [5.41, 5.74) is 4.95. The number of fused-ring (bicyclic) bond motifs is 1. The van der Waals surface area contributed by atoms with Crippen molar-refractivity contribution in [1.82, 2.24) is 32.1 Å². The van der Waals surface area contributed by atoms with E-state index in [9.17, 15) is 4.39 Å². The van der Waals surface area contributed by atoms with Crippen molar-refractivity contribution in [2.24, 2.45) is 0 Å². The minimum absolute atomic E-state index is 0.0769. The molecule has 6 rings (SSSR count). The molecular formula is C23H27FIN8S-. The Bertz CT molecular complexity index is 1240. The molecule has 8 nitrogen and oxygen atoms in total. The van der Waals surface area contributed by atoms with Crippen LogP contribution in [0.1, 0.15) is 29.9 Å². The van der Waals surface area contributed by atoms with Crippen LogP contribution < -0.4 is 30.3 Å². The zero-order valence-corrected chi connectivity index (χ0v) is 21.9. The average molecular weight is 593 g/mol. The molecule has 180 valence electrons. The Morgan fingerprint density at radius 3 is 2.94 bits per heavy atom. The number of anilines is 2. The monoisotopic (exact) mass is 593 g/mol. The van der Waals surface area contributed by atoms with Crippen molar-refractivity contribution < 1.29 is 25.9 Å². The van der Waals surface area contributed by atoms with E-state index in [4.69, 9.17) is 4.98 Å². The van der Waals surface area contributed by atoms with Crippen LogP contribution in [0.4, 0.5) is 15.2 Å².